The van der Waals surface area contributed by atoms with Gasteiger partial charge in [0.25, 0.3) is 0 Å². The summed E-state index contributed by atoms with van der Waals surface area (Å²) in [5, 5.41) is 0. The van der Waals surface area contributed by atoms with Crippen LogP contribution in [0.15, 0.2) is 22.7 Å². The van der Waals surface area contributed by atoms with Crippen LogP contribution in [-0.4, -0.2) is 24.4 Å². The second kappa shape index (κ2) is 7.34. The van der Waals surface area contributed by atoms with E-state index in [1.54, 1.807) is 18.9 Å². The van der Waals surface area contributed by atoms with Gasteiger partial charge in [0.1, 0.15) is 5.75 Å². The maximum Gasteiger partial charge on any atom is 0.172 e. The van der Waals surface area contributed by atoms with Gasteiger partial charge in [-0.25, -0.2) is 0 Å². The number of methoxy groups -OCH3 is 1. The predicted molar refractivity (Wildman–Crippen MR) is 84.3 cm³/mol. The van der Waals surface area contributed by atoms with Gasteiger partial charge in [0.05, 0.1) is 17.3 Å². The molecule has 0 aromatic heterocycles. The quantitative estimate of drug-likeness (QED) is 0.708. The van der Waals surface area contributed by atoms with E-state index >= 15 is 0 Å². The highest BCUT2D eigenvalue weighted by Gasteiger charge is 2.16. The van der Waals surface area contributed by atoms with E-state index in [1.165, 1.54) is 25.7 Å². The lowest BCUT2D eigenvalue weighted by atomic mass is 10.1. The third-order valence-electron chi connectivity index (χ3n) is 3.54. The van der Waals surface area contributed by atoms with Crippen molar-refractivity contribution in [3.63, 3.8) is 0 Å². The molecule has 1 fully saturated rings. The summed E-state index contributed by atoms with van der Waals surface area (Å²) in [6.45, 7) is 0. The van der Waals surface area contributed by atoms with Crippen molar-refractivity contribution < 1.29 is 9.53 Å². The largest absolute Gasteiger partial charge is 0.496 e. The van der Waals surface area contributed by atoms with Crippen molar-refractivity contribution in [1.29, 1.82) is 0 Å². The SMILES string of the molecule is COc1ccc(C(=O)CSCC2CCCC2)cc1Br. The molecule has 0 saturated heterocycles. The molecule has 1 saturated carbocycles. The standard InChI is InChI=1S/C15H19BrO2S/c1-18-15-7-6-12(8-13(15)16)14(17)10-19-9-11-4-2-3-5-11/h6-8,11H,2-5,9-10H2,1H3. The molecule has 1 aromatic carbocycles. The first-order valence-electron chi connectivity index (χ1n) is 6.65. The average Bonchev–Trinajstić information content (AvgIpc) is 2.91. The van der Waals surface area contributed by atoms with Crippen LogP contribution in [0.4, 0.5) is 0 Å². The molecule has 0 N–H and O–H groups in total. The molecule has 0 amide bonds. The molecule has 0 aliphatic heterocycles. The molecule has 0 spiro atoms. The van der Waals surface area contributed by atoms with Crippen LogP contribution in [0.25, 0.3) is 0 Å². The molecule has 4 heteroatoms. The Morgan fingerprint density at radius 3 is 2.79 bits per heavy atom. The molecular formula is C15H19BrO2S. The van der Waals surface area contributed by atoms with E-state index in [4.69, 9.17) is 4.74 Å². The first-order chi connectivity index (χ1) is 9.20. The summed E-state index contributed by atoms with van der Waals surface area (Å²) in [5.74, 6) is 3.50. The minimum atomic E-state index is 0.200. The smallest absolute Gasteiger partial charge is 0.172 e. The van der Waals surface area contributed by atoms with Crippen molar-refractivity contribution in [2.24, 2.45) is 5.92 Å². The molecule has 2 rings (SSSR count). The van der Waals surface area contributed by atoms with Crippen LogP contribution in [-0.2, 0) is 0 Å². The molecule has 1 aliphatic carbocycles. The summed E-state index contributed by atoms with van der Waals surface area (Å²) in [7, 11) is 1.62. The topological polar surface area (TPSA) is 26.3 Å². The van der Waals surface area contributed by atoms with Crippen molar-refractivity contribution in [3.05, 3.63) is 28.2 Å². The fourth-order valence-corrected chi connectivity index (χ4v) is 4.10. The summed E-state index contributed by atoms with van der Waals surface area (Å²) < 4.78 is 6.00. The molecule has 2 nitrogen and oxygen atoms in total. The number of halogens is 1. The monoisotopic (exact) mass is 342 g/mol. The number of thioether (sulfide) groups is 1. The van der Waals surface area contributed by atoms with E-state index < -0.39 is 0 Å². The Morgan fingerprint density at radius 1 is 1.42 bits per heavy atom. The molecule has 1 aliphatic rings. The van der Waals surface area contributed by atoms with Crippen molar-refractivity contribution in [2.75, 3.05) is 18.6 Å². The Kier molecular flexibility index (Phi) is 5.76. The van der Waals surface area contributed by atoms with E-state index in [-0.39, 0.29) is 5.78 Å². The van der Waals surface area contributed by atoms with Crippen LogP contribution in [0.5, 0.6) is 5.75 Å². The summed E-state index contributed by atoms with van der Waals surface area (Å²) in [6, 6.07) is 5.51. The lowest BCUT2D eigenvalue weighted by molar-refractivity contribution is 0.102. The molecule has 0 heterocycles. The van der Waals surface area contributed by atoms with Crippen LogP contribution < -0.4 is 4.74 Å². The maximum atomic E-state index is 12.1. The van der Waals surface area contributed by atoms with Gasteiger partial charge in [0, 0.05) is 5.56 Å². The van der Waals surface area contributed by atoms with Gasteiger partial charge in [-0.3, -0.25) is 4.79 Å². The third kappa shape index (κ3) is 4.25. The second-order valence-electron chi connectivity index (χ2n) is 4.94. The van der Waals surface area contributed by atoms with E-state index in [1.807, 2.05) is 18.2 Å². The van der Waals surface area contributed by atoms with Gasteiger partial charge in [-0.2, -0.15) is 11.8 Å². The highest BCUT2D eigenvalue weighted by atomic mass is 79.9. The Balaban J connectivity index is 1.83. The van der Waals surface area contributed by atoms with Crippen LogP contribution in [0.3, 0.4) is 0 Å². The average molecular weight is 343 g/mol. The number of rotatable bonds is 6. The zero-order chi connectivity index (χ0) is 13.7. The Bertz CT molecular complexity index is 442. The highest BCUT2D eigenvalue weighted by Crippen LogP contribution is 2.29. The van der Waals surface area contributed by atoms with E-state index in [2.05, 4.69) is 15.9 Å². The van der Waals surface area contributed by atoms with Crippen molar-refractivity contribution in [3.8, 4) is 5.75 Å². The lowest BCUT2D eigenvalue weighted by Gasteiger charge is -2.08. The number of Topliss-reactive ketones (excluding diaryl/α,β-unsaturated/α-hetero) is 1. The molecule has 0 unspecified atom stereocenters. The second-order valence-corrected chi connectivity index (χ2v) is 6.82. The number of benzene rings is 1. The highest BCUT2D eigenvalue weighted by molar-refractivity contribution is 9.10. The molecule has 0 radical (unpaired) electrons. The number of carbonyl (C=O) groups is 1. The van der Waals surface area contributed by atoms with Crippen LogP contribution in [0.2, 0.25) is 0 Å². The summed E-state index contributed by atoms with van der Waals surface area (Å²) in [5.41, 5.74) is 0.756. The minimum absolute atomic E-state index is 0.200. The summed E-state index contributed by atoms with van der Waals surface area (Å²) in [6.07, 6.45) is 5.42. The van der Waals surface area contributed by atoms with Crippen LogP contribution in [0.1, 0.15) is 36.0 Å². The fraction of sp³-hybridized carbons (Fsp3) is 0.533. The normalized spacial score (nSPS) is 15.7. The minimum Gasteiger partial charge on any atom is -0.496 e. The molecule has 0 atom stereocenters. The van der Waals surface area contributed by atoms with Gasteiger partial charge in [0.15, 0.2) is 5.78 Å². The van der Waals surface area contributed by atoms with Gasteiger partial charge < -0.3 is 4.74 Å². The van der Waals surface area contributed by atoms with E-state index in [0.29, 0.717) is 5.75 Å². The molecule has 1 aromatic rings. The van der Waals surface area contributed by atoms with Gasteiger partial charge in [-0.15, -0.1) is 0 Å². The molecule has 19 heavy (non-hydrogen) atoms. The van der Waals surface area contributed by atoms with Crippen molar-refractivity contribution >= 4 is 33.5 Å². The number of hydrogen-bond donors (Lipinski definition) is 0. The van der Waals surface area contributed by atoms with E-state index in [9.17, 15) is 4.79 Å². The zero-order valence-corrected chi connectivity index (χ0v) is 13.6. The van der Waals surface area contributed by atoms with Crippen LogP contribution >= 0.6 is 27.7 Å². The first kappa shape index (κ1) is 14.9. The fourth-order valence-electron chi connectivity index (χ4n) is 2.42. The van der Waals surface area contributed by atoms with Crippen molar-refractivity contribution in [2.45, 2.75) is 25.7 Å². The molecule has 0 bridgehead atoms. The van der Waals surface area contributed by atoms with Crippen molar-refractivity contribution in [1.82, 2.24) is 0 Å². The number of hydrogen-bond acceptors (Lipinski definition) is 3. The summed E-state index contributed by atoms with van der Waals surface area (Å²) in [4.78, 5) is 12.1. The molecular weight excluding hydrogens is 324 g/mol. The van der Waals surface area contributed by atoms with Gasteiger partial charge >= 0.3 is 0 Å². The third-order valence-corrected chi connectivity index (χ3v) is 5.33. The Labute approximate surface area is 127 Å². The van der Waals surface area contributed by atoms with E-state index in [0.717, 1.165) is 27.5 Å². The van der Waals surface area contributed by atoms with Crippen LogP contribution in [0, 0.1) is 5.92 Å². The zero-order valence-electron chi connectivity index (χ0n) is 11.2. The predicted octanol–water partition coefficient (Wildman–Crippen LogP) is 4.56. The van der Waals surface area contributed by atoms with Gasteiger partial charge in [-0.05, 0) is 58.6 Å². The number of ether oxygens (including phenoxy) is 1. The first-order valence-corrected chi connectivity index (χ1v) is 8.60. The Morgan fingerprint density at radius 2 is 2.16 bits per heavy atom. The van der Waals surface area contributed by atoms with Gasteiger partial charge in [-0.1, -0.05) is 12.8 Å². The maximum absolute atomic E-state index is 12.1. The number of ketones is 1. The number of carbonyl (C=O) groups excluding carboxylic acids is 1. The summed E-state index contributed by atoms with van der Waals surface area (Å²) >= 11 is 5.19. The Hall–Kier alpha value is -0.480. The lowest BCUT2D eigenvalue weighted by Crippen LogP contribution is -2.06. The van der Waals surface area contributed by atoms with Gasteiger partial charge in [0.2, 0.25) is 0 Å². The molecule has 104 valence electrons.